The van der Waals surface area contributed by atoms with Crippen molar-refractivity contribution in [2.45, 2.75) is 33.4 Å². The minimum Gasteiger partial charge on any atom is -0.385 e. The molecule has 5 nitrogen and oxygen atoms in total. The Labute approximate surface area is 114 Å². The Morgan fingerprint density at radius 3 is 2.89 bits per heavy atom. The SMILES string of the molecule is CCn1cc(CNC(=S)NCCCOC)c(C)n1. The van der Waals surface area contributed by atoms with Crippen molar-refractivity contribution >= 4 is 17.3 Å². The number of rotatable bonds is 7. The zero-order valence-electron chi connectivity index (χ0n) is 11.3. The Kier molecular flexibility index (Phi) is 6.67. The maximum Gasteiger partial charge on any atom is 0.166 e. The molecule has 1 aromatic rings. The highest BCUT2D eigenvalue weighted by Crippen LogP contribution is 2.04. The fraction of sp³-hybridized carbons (Fsp3) is 0.667. The standard InChI is InChI=1S/C12H22N4OS/c1-4-16-9-11(10(2)15-16)8-14-12(18)13-6-5-7-17-3/h9H,4-8H2,1-3H3,(H2,13,14,18). The molecule has 0 atom stereocenters. The zero-order valence-corrected chi connectivity index (χ0v) is 12.1. The van der Waals surface area contributed by atoms with Crippen LogP contribution in [0.25, 0.3) is 0 Å². The summed E-state index contributed by atoms with van der Waals surface area (Å²) in [4.78, 5) is 0. The van der Waals surface area contributed by atoms with E-state index in [1.165, 1.54) is 5.56 Å². The Hall–Kier alpha value is -1.14. The topological polar surface area (TPSA) is 51.1 Å². The molecule has 0 radical (unpaired) electrons. The van der Waals surface area contributed by atoms with Crippen molar-refractivity contribution in [2.75, 3.05) is 20.3 Å². The average molecular weight is 270 g/mol. The van der Waals surface area contributed by atoms with E-state index >= 15 is 0 Å². The Morgan fingerprint density at radius 1 is 1.50 bits per heavy atom. The van der Waals surface area contributed by atoms with Crippen LogP contribution in [0.2, 0.25) is 0 Å². The molecule has 1 heterocycles. The van der Waals surface area contributed by atoms with Gasteiger partial charge in [0.15, 0.2) is 5.11 Å². The molecule has 1 rings (SSSR count). The highest BCUT2D eigenvalue weighted by Gasteiger charge is 2.04. The third kappa shape index (κ3) is 5.01. The van der Waals surface area contributed by atoms with Gasteiger partial charge in [0.1, 0.15) is 0 Å². The number of nitrogens with zero attached hydrogens (tertiary/aromatic N) is 2. The van der Waals surface area contributed by atoms with Crippen molar-refractivity contribution in [1.29, 1.82) is 0 Å². The van der Waals surface area contributed by atoms with Gasteiger partial charge in [-0.05, 0) is 32.5 Å². The maximum absolute atomic E-state index is 5.19. The lowest BCUT2D eigenvalue weighted by atomic mass is 10.3. The van der Waals surface area contributed by atoms with Gasteiger partial charge in [0.2, 0.25) is 0 Å². The normalized spacial score (nSPS) is 10.4. The van der Waals surface area contributed by atoms with Gasteiger partial charge < -0.3 is 15.4 Å². The van der Waals surface area contributed by atoms with Crippen molar-refractivity contribution in [3.63, 3.8) is 0 Å². The molecule has 18 heavy (non-hydrogen) atoms. The Bertz CT molecular complexity index is 378. The summed E-state index contributed by atoms with van der Waals surface area (Å²) in [6.07, 6.45) is 3.00. The van der Waals surface area contributed by atoms with Gasteiger partial charge in [0, 0.05) is 45.1 Å². The molecule has 0 fully saturated rings. The third-order valence-corrected chi connectivity index (χ3v) is 2.91. The van der Waals surface area contributed by atoms with E-state index in [9.17, 15) is 0 Å². The van der Waals surface area contributed by atoms with E-state index in [0.717, 1.165) is 31.8 Å². The van der Waals surface area contributed by atoms with Crippen molar-refractivity contribution in [3.8, 4) is 0 Å². The lowest BCUT2D eigenvalue weighted by Crippen LogP contribution is -2.35. The van der Waals surface area contributed by atoms with Crippen LogP contribution in [0.15, 0.2) is 6.20 Å². The number of thiocarbonyl (C=S) groups is 1. The van der Waals surface area contributed by atoms with Crippen LogP contribution in [0, 0.1) is 6.92 Å². The quantitative estimate of drug-likeness (QED) is 0.576. The number of nitrogens with one attached hydrogen (secondary N) is 2. The minimum atomic E-state index is 0.676. The van der Waals surface area contributed by atoms with Crippen LogP contribution in [0.5, 0.6) is 0 Å². The van der Waals surface area contributed by atoms with Crippen LogP contribution in [0.1, 0.15) is 24.6 Å². The van der Waals surface area contributed by atoms with Gasteiger partial charge in [-0.1, -0.05) is 0 Å². The maximum atomic E-state index is 5.19. The summed E-state index contributed by atoms with van der Waals surface area (Å²) >= 11 is 5.19. The lowest BCUT2D eigenvalue weighted by Gasteiger charge is -2.09. The molecule has 0 aliphatic rings. The number of aromatic nitrogens is 2. The van der Waals surface area contributed by atoms with Crippen LogP contribution in [-0.4, -0.2) is 35.2 Å². The van der Waals surface area contributed by atoms with E-state index < -0.39 is 0 Å². The molecule has 0 amide bonds. The molecular formula is C12H22N4OS. The first-order valence-electron chi connectivity index (χ1n) is 6.21. The molecule has 6 heteroatoms. The van der Waals surface area contributed by atoms with Gasteiger partial charge in [-0.3, -0.25) is 4.68 Å². The highest BCUT2D eigenvalue weighted by molar-refractivity contribution is 7.80. The summed E-state index contributed by atoms with van der Waals surface area (Å²) in [5.41, 5.74) is 2.23. The number of methoxy groups -OCH3 is 1. The second-order valence-corrected chi connectivity index (χ2v) is 4.46. The van der Waals surface area contributed by atoms with Crippen LogP contribution in [0.3, 0.4) is 0 Å². The molecule has 0 aliphatic heterocycles. The summed E-state index contributed by atoms with van der Waals surface area (Å²) in [6, 6.07) is 0. The number of hydrogen-bond donors (Lipinski definition) is 2. The van der Waals surface area contributed by atoms with Gasteiger partial charge >= 0.3 is 0 Å². The Balaban J connectivity index is 2.26. The monoisotopic (exact) mass is 270 g/mol. The van der Waals surface area contributed by atoms with Gasteiger partial charge in [-0.2, -0.15) is 5.10 Å². The second kappa shape index (κ2) is 8.05. The van der Waals surface area contributed by atoms with Crippen molar-refractivity contribution in [3.05, 3.63) is 17.5 Å². The first-order valence-corrected chi connectivity index (χ1v) is 6.61. The molecule has 0 aromatic carbocycles. The van der Waals surface area contributed by atoms with E-state index in [0.29, 0.717) is 11.7 Å². The first kappa shape index (κ1) is 14.9. The molecule has 0 spiro atoms. The van der Waals surface area contributed by atoms with Crippen molar-refractivity contribution < 1.29 is 4.74 Å². The molecule has 0 saturated heterocycles. The predicted octanol–water partition coefficient (Wildman–Crippen LogP) is 1.21. The van der Waals surface area contributed by atoms with Crippen LogP contribution in [0.4, 0.5) is 0 Å². The summed E-state index contributed by atoms with van der Waals surface area (Å²) in [7, 11) is 1.70. The van der Waals surface area contributed by atoms with Gasteiger partial charge in [-0.15, -0.1) is 0 Å². The number of ether oxygens (including phenoxy) is 1. The fourth-order valence-electron chi connectivity index (χ4n) is 1.55. The number of aryl methyl sites for hydroxylation is 2. The van der Waals surface area contributed by atoms with Crippen LogP contribution < -0.4 is 10.6 Å². The zero-order chi connectivity index (χ0) is 13.4. The summed E-state index contributed by atoms with van der Waals surface area (Å²) in [5, 5.41) is 11.4. The summed E-state index contributed by atoms with van der Waals surface area (Å²) < 4.78 is 6.90. The molecule has 102 valence electrons. The molecule has 2 N–H and O–H groups in total. The summed E-state index contributed by atoms with van der Waals surface area (Å²) in [6.45, 7) is 7.26. The minimum absolute atomic E-state index is 0.676. The van der Waals surface area contributed by atoms with Gasteiger partial charge in [0.25, 0.3) is 0 Å². The van der Waals surface area contributed by atoms with E-state index in [-0.39, 0.29) is 0 Å². The fourth-order valence-corrected chi connectivity index (χ4v) is 1.73. The van der Waals surface area contributed by atoms with E-state index in [4.69, 9.17) is 17.0 Å². The molecular weight excluding hydrogens is 248 g/mol. The second-order valence-electron chi connectivity index (χ2n) is 4.05. The largest absolute Gasteiger partial charge is 0.385 e. The van der Waals surface area contributed by atoms with E-state index in [1.807, 2.05) is 11.6 Å². The molecule has 0 saturated carbocycles. The molecule has 1 aromatic heterocycles. The highest BCUT2D eigenvalue weighted by atomic mass is 32.1. The average Bonchev–Trinajstić information content (AvgIpc) is 2.73. The lowest BCUT2D eigenvalue weighted by molar-refractivity contribution is 0.195. The Morgan fingerprint density at radius 2 is 2.28 bits per heavy atom. The smallest absolute Gasteiger partial charge is 0.166 e. The van der Waals surface area contributed by atoms with E-state index in [1.54, 1.807) is 7.11 Å². The van der Waals surface area contributed by atoms with Gasteiger partial charge in [-0.25, -0.2) is 0 Å². The molecule has 0 aliphatic carbocycles. The van der Waals surface area contributed by atoms with Crippen LogP contribution >= 0.6 is 12.2 Å². The molecule has 0 unspecified atom stereocenters. The first-order chi connectivity index (χ1) is 8.67. The number of hydrogen-bond acceptors (Lipinski definition) is 3. The predicted molar refractivity (Wildman–Crippen MR) is 76.6 cm³/mol. The van der Waals surface area contributed by atoms with Gasteiger partial charge in [0.05, 0.1) is 5.69 Å². The molecule has 0 bridgehead atoms. The van der Waals surface area contributed by atoms with Crippen molar-refractivity contribution in [2.24, 2.45) is 0 Å². The van der Waals surface area contributed by atoms with Crippen LogP contribution in [-0.2, 0) is 17.8 Å². The van der Waals surface area contributed by atoms with E-state index in [2.05, 4.69) is 28.9 Å². The summed E-state index contributed by atoms with van der Waals surface area (Å²) in [5.74, 6) is 0. The third-order valence-electron chi connectivity index (χ3n) is 2.62. The van der Waals surface area contributed by atoms with Crippen molar-refractivity contribution in [1.82, 2.24) is 20.4 Å².